The van der Waals surface area contributed by atoms with Crippen LogP contribution in [0.2, 0.25) is 0 Å². The zero-order valence-corrected chi connectivity index (χ0v) is 18.9. The minimum Gasteiger partial charge on any atom is -0.365 e. The Bertz CT molecular complexity index is 977. The highest BCUT2D eigenvalue weighted by molar-refractivity contribution is 8.03. The molecule has 1 aromatic heterocycles. The zero-order valence-electron chi connectivity index (χ0n) is 17.2. The molecule has 1 atom stereocenters. The molecule has 1 amide bonds. The SMILES string of the molecule is Cc1cccc(N2CCN(C(=O)C3=Cc4sc5c(c4CS3)CCCC5)C[C@H]2C)c1. The van der Waals surface area contributed by atoms with Gasteiger partial charge < -0.3 is 9.80 Å². The molecule has 0 radical (unpaired) electrons. The molecule has 5 heteroatoms. The van der Waals surface area contributed by atoms with Crippen LogP contribution in [0.25, 0.3) is 6.08 Å². The standard InChI is InChI=1S/C24H28N2OS2/c1-16-6-5-7-18(12-16)26-11-10-25(14-17(26)2)24(27)23-13-22-20(15-28-23)19-8-3-4-9-21(19)29-22/h5-7,12-13,17H,3-4,8-11,14-15H2,1-2H3/t17-/m1/s1. The lowest BCUT2D eigenvalue weighted by Crippen LogP contribution is -2.54. The number of aryl methyl sites for hydroxylation is 2. The van der Waals surface area contributed by atoms with Crippen molar-refractivity contribution in [1.82, 2.24) is 4.90 Å². The van der Waals surface area contributed by atoms with Gasteiger partial charge in [-0.2, -0.15) is 0 Å². The number of carbonyl (C=O) groups is 1. The van der Waals surface area contributed by atoms with E-state index in [0.29, 0.717) is 6.04 Å². The van der Waals surface area contributed by atoms with Gasteiger partial charge in [0, 0.05) is 46.9 Å². The molecule has 3 nitrogen and oxygen atoms in total. The smallest absolute Gasteiger partial charge is 0.260 e. The number of rotatable bonds is 2. The molecule has 1 fully saturated rings. The summed E-state index contributed by atoms with van der Waals surface area (Å²) in [4.78, 5) is 21.6. The predicted molar refractivity (Wildman–Crippen MR) is 125 cm³/mol. The third-order valence-corrected chi connectivity index (χ3v) is 8.72. The highest BCUT2D eigenvalue weighted by Gasteiger charge is 2.31. The number of carbonyl (C=O) groups excluding carboxylic acids is 1. The summed E-state index contributed by atoms with van der Waals surface area (Å²) in [6.45, 7) is 6.85. The Hall–Kier alpha value is -1.72. The maximum Gasteiger partial charge on any atom is 0.260 e. The van der Waals surface area contributed by atoms with E-state index in [1.54, 1.807) is 22.2 Å². The molecular weight excluding hydrogens is 396 g/mol. The van der Waals surface area contributed by atoms with Crippen LogP contribution in [0.4, 0.5) is 5.69 Å². The quantitative estimate of drug-likeness (QED) is 0.657. The van der Waals surface area contributed by atoms with Gasteiger partial charge in [0.2, 0.25) is 0 Å². The normalized spacial score (nSPS) is 21.4. The number of hydrogen-bond acceptors (Lipinski definition) is 4. The van der Waals surface area contributed by atoms with Gasteiger partial charge in [-0.15, -0.1) is 23.1 Å². The Balaban J connectivity index is 1.31. The van der Waals surface area contributed by atoms with Crippen molar-refractivity contribution < 1.29 is 4.79 Å². The van der Waals surface area contributed by atoms with Crippen molar-refractivity contribution in [2.75, 3.05) is 24.5 Å². The molecule has 5 rings (SSSR count). The Morgan fingerprint density at radius 3 is 2.83 bits per heavy atom. The second-order valence-electron chi connectivity index (χ2n) is 8.48. The second-order valence-corrected chi connectivity index (χ2v) is 10.6. The third kappa shape index (κ3) is 3.64. The van der Waals surface area contributed by atoms with E-state index in [-0.39, 0.29) is 5.91 Å². The molecule has 152 valence electrons. The summed E-state index contributed by atoms with van der Waals surface area (Å²) in [5.41, 5.74) is 5.67. The van der Waals surface area contributed by atoms with Crippen molar-refractivity contribution in [2.45, 2.75) is 51.3 Å². The predicted octanol–water partition coefficient (Wildman–Crippen LogP) is 5.26. The molecule has 3 heterocycles. The van der Waals surface area contributed by atoms with Crippen LogP contribution >= 0.6 is 23.1 Å². The molecule has 1 saturated heterocycles. The van der Waals surface area contributed by atoms with Gasteiger partial charge in [0.25, 0.3) is 5.91 Å². The van der Waals surface area contributed by atoms with Gasteiger partial charge in [-0.05, 0) is 74.4 Å². The summed E-state index contributed by atoms with van der Waals surface area (Å²) in [5, 5.41) is 0. The van der Waals surface area contributed by atoms with E-state index in [4.69, 9.17) is 0 Å². The number of nitrogens with zero attached hydrogens (tertiary/aromatic N) is 2. The molecule has 2 aliphatic heterocycles. The van der Waals surface area contributed by atoms with Crippen LogP contribution in [0.15, 0.2) is 29.2 Å². The molecule has 2 aromatic rings. The highest BCUT2D eigenvalue weighted by atomic mass is 32.2. The first-order valence-electron chi connectivity index (χ1n) is 10.7. The zero-order chi connectivity index (χ0) is 20.0. The Labute approximate surface area is 181 Å². The van der Waals surface area contributed by atoms with Gasteiger partial charge in [0.15, 0.2) is 0 Å². The molecule has 3 aliphatic rings. The molecule has 0 N–H and O–H groups in total. The first-order chi connectivity index (χ1) is 14.1. The topological polar surface area (TPSA) is 23.6 Å². The van der Waals surface area contributed by atoms with Crippen LogP contribution in [0.1, 0.15) is 46.2 Å². The van der Waals surface area contributed by atoms with Crippen molar-refractivity contribution in [2.24, 2.45) is 0 Å². The summed E-state index contributed by atoms with van der Waals surface area (Å²) < 4.78 is 0. The summed E-state index contributed by atoms with van der Waals surface area (Å²) in [6, 6.07) is 9.01. The van der Waals surface area contributed by atoms with Crippen LogP contribution in [-0.4, -0.2) is 36.5 Å². The van der Waals surface area contributed by atoms with Crippen LogP contribution in [-0.2, 0) is 23.4 Å². The molecule has 1 aromatic carbocycles. The number of anilines is 1. The van der Waals surface area contributed by atoms with E-state index in [1.165, 1.54) is 47.4 Å². The van der Waals surface area contributed by atoms with E-state index in [0.717, 1.165) is 30.3 Å². The summed E-state index contributed by atoms with van der Waals surface area (Å²) in [7, 11) is 0. The van der Waals surface area contributed by atoms with E-state index in [9.17, 15) is 4.79 Å². The Morgan fingerprint density at radius 1 is 1.14 bits per heavy atom. The number of thiophene rings is 1. The lowest BCUT2D eigenvalue weighted by atomic mass is 9.95. The maximum atomic E-state index is 13.3. The van der Waals surface area contributed by atoms with Crippen molar-refractivity contribution in [3.8, 4) is 0 Å². The number of thioether (sulfide) groups is 1. The minimum absolute atomic E-state index is 0.225. The number of piperazine rings is 1. The minimum atomic E-state index is 0.225. The van der Waals surface area contributed by atoms with Gasteiger partial charge in [0.1, 0.15) is 0 Å². The van der Waals surface area contributed by atoms with Gasteiger partial charge in [0.05, 0.1) is 4.91 Å². The van der Waals surface area contributed by atoms with Crippen LogP contribution in [0.3, 0.4) is 0 Å². The van der Waals surface area contributed by atoms with Gasteiger partial charge in [-0.25, -0.2) is 0 Å². The van der Waals surface area contributed by atoms with Gasteiger partial charge >= 0.3 is 0 Å². The molecule has 0 spiro atoms. The van der Waals surface area contributed by atoms with E-state index in [1.807, 2.05) is 11.3 Å². The second kappa shape index (κ2) is 7.84. The lowest BCUT2D eigenvalue weighted by Gasteiger charge is -2.41. The molecular formula is C24H28N2OS2. The number of fused-ring (bicyclic) bond motifs is 3. The monoisotopic (exact) mass is 424 g/mol. The van der Waals surface area contributed by atoms with Crippen molar-refractivity contribution in [1.29, 1.82) is 0 Å². The van der Waals surface area contributed by atoms with E-state index < -0.39 is 0 Å². The first-order valence-corrected chi connectivity index (χ1v) is 12.5. The lowest BCUT2D eigenvalue weighted by molar-refractivity contribution is -0.127. The number of hydrogen-bond donors (Lipinski definition) is 0. The first kappa shape index (κ1) is 19.3. The maximum absolute atomic E-state index is 13.3. The van der Waals surface area contributed by atoms with Crippen molar-refractivity contribution in [3.05, 3.63) is 55.6 Å². The number of benzene rings is 1. The molecule has 0 unspecified atom stereocenters. The Kier molecular flexibility index (Phi) is 5.21. The fourth-order valence-electron chi connectivity index (χ4n) is 4.85. The molecule has 0 saturated carbocycles. The average Bonchev–Trinajstić information content (AvgIpc) is 3.11. The van der Waals surface area contributed by atoms with Crippen LogP contribution < -0.4 is 4.90 Å². The highest BCUT2D eigenvalue weighted by Crippen LogP contribution is 2.43. The molecule has 1 aliphatic carbocycles. The summed E-state index contributed by atoms with van der Waals surface area (Å²) >= 11 is 3.68. The van der Waals surface area contributed by atoms with E-state index in [2.05, 4.69) is 54.0 Å². The van der Waals surface area contributed by atoms with Gasteiger partial charge in [-0.1, -0.05) is 12.1 Å². The fraction of sp³-hybridized carbons (Fsp3) is 0.458. The summed E-state index contributed by atoms with van der Waals surface area (Å²) in [6.07, 6.45) is 7.29. The molecule has 0 bridgehead atoms. The van der Waals surface area contributed by atoms with Crippen molar-refractivity contribution >= 4 is 40.8 Å². The van der Waals surface area contributed by atoms with Crippen LogP contribution in [0.5, 0.6) is 0 Å². The summed E-state index contributed by atoms with van der Waals surface area (Å²) in [5.74, 6) is 1.19. The Morgan fingerprint density at radius 2 is 2.00 bits per heavy atom. The van der Waals surface area contributed by atoms with Crippen molar-refractivity contribution in [3.63, 3.8) is 0 Å². The molecule has 29 heavy (non-hydrogen) atoms. The largest absolute Gasteiger partial charge is 0.365 e. The van der Waals surface area contributed by atoms with Crippen LogP contribution in [0, 0.1) is 6.92 Å². The number of amides is 1. The van der Waals surface area contributed by atoms with E-state index >= 15 is 0 Å². The third-order valence-electron chi connectivity index (χ3n) is 6.41. The van der Waals surface area contributed by atoms with Gasteiger partial charge in [-0.3, -0.25) is 4.79 Å². The average molecular weight is 425 g/mol. The fourth-order valence-corrected chi connectivity index (χ4v) is 7.45.